The molecule has 0 radical (unpaired) electrons. The fraction of sp³-hybridized carbons (Fsp3) is 0.886. The Morgan fingerprint density at radius 3 is 1.05 bits per heavy atom. The zero-order valence-corrected chi connectivity index (χ0v) is 61.3. The van der Waals surface area contributed by atoms with Crippen LogP contribution < -0.4 is 5.32 Å². The van der Waals surface area contributed by atoms with E-state index in [1.807, 2.05) is 6.08 Å². The summed E-state index contributed by atoms with van der Waals surface area (Å²) in [5, 5.41) is 121. The molecule has 17 atom stereocenters. The lowest BCUT2D eigenvalue weighted by molar-refractivity contribution is -0.379. The molecule has 12 N–H and O–H groups in total. The average molecular weight is 1400 g/mol. The molecule has 0 bridgehead atoms. The number of aliphatic hydroxyl groups excluding tert-OH is 11. The molecule has 0 saturated carbocycles. The van der Waals surface area contributed by atoms with Gasteiger partial charge < -0.3 is 89.9 Å². The van der Waals surface area contributed by atoms with Crippen molar-refractivity contribution in [2.75, 3.05) is 26.4 Å². The van der Waals surface area contributed by atoms with Crippen molar-refractivity contribution in [2.24, 2.45) is 0 Å². The SMILES string of the molecule is CCCCCCC/C=C\C/C=C\C/C=C\CCCCCCCCCCCCCCCCCCCCCCCCCCCCC(=O)NC(COC1OC(CO)C(OC2OC(CO)C(OC3OC(CO)C(O)C(O)C3O)C(O)C2O)C(O)C1O)C(O)/C=C/CCCCCCCCCCCC. The van der Waals surface area contributed by atoms with Gasteiger partial charge in [-0.2, -0.15) is 0 Å². The van der Waals surface area contributed by atoms with Gasteiger partial charge >= 0.3 is 0 Å². The van der Waals surface area contributed by atoms with E-state index < -0.39 is 124 Å². The van der Waals surface area contributed by atoms with E-state index in [0.29, 0.717) is 6.42 Å². The van der Waals surface area contributed by atoms with E-state index in [0.717, 1.165) is 57.8 Å². The maximum atomic E-state index is 13.4. The van der Waals surface area contributed by atoms with Crippen LogP contribution in [0.5, 0.6) is 0 Å². The lowest BCUT2D eigenvalue weighted by Gasteiger charge is -2.48. The second-order valence-electron chi connectivity index (χ2n) is 28.5. The number of rotatable bonds is 63. The van der Waals surface area contributed by atoms with E-state index in [1.54, 1.807) is 6.08 Å². The van der Waals surface area contributed by atoms with Crippen LogP contribution in [0.15, 0.2) is 48.6 Å². The van der Waals surface area contributed by atoms with Crippen LogP contribution in [-0.2, 0) is 33.2 Å². The van der Waals surface area contributed by atoms with Crippen molar-refractivity contribution < 1.29 is 89.4 Å². The maximum Gasteiger partial charge on any atom is 0.220 e. The summed E-state index contributed by atoms with van der Waals surface area (Å²) in [6.07, 6.45) is 48.6. The minimum absolute atomic E-state index is 0.247. The zero-order valence-electron chi connectivity index (χ0n) is 61.3. The summed E-state index contributed by atoms with van der Waals surface area (Å²) in [5.74, 6) is -0.272. The second-order valence-corrected chi connectivity index (χ2v) is 28.5. The number of unbranched alkanes of at least 4 members (excludes halogenated alkanes) is 41. The summed E-state index contributed by atoms with van der Waals surface area (Å²) in [6, 6.07) is -0.971. The van der Waals surface area contributed by atoms with E-state index in [2.05, 4.69) is 55.6 Å². The molecule has 1 amide bonds. The Bertz CT molecular complexity index is 1960. The average Bonchev–Trinajstić information content (AvgIpc) is 0.785. The van der Waals surface area contributed by atoms with Crippen LogP contribution in [0.4, 0.5) is 0 Å². The van der Waals surface area contributed by atoms with Crippen LogP contribution in [-0.4, -0.2) is 193 Å². The van der Waals surface area contributed by atoms with Crippen molar-refractivity contribution in [3.05, 3.63) is 48.6 Å². The van der Waals surface area contributed by atoms with Crippen molar-refractivity contribution in [1.29, 1.82) is 0 Å². The number of nitrogens with one attached hydrogen (secondary N) is 1. The van der Waals surface area contributed by atoms with E-state index >= 15 is 0 Å². The van der Waals surface area contributed by atoms with E-state index in [4.69, 9.17) is 28.4 Å². The highest BCUT2D eigenvalue weighted by Crippen LogP contribution is 2.33. The molecule has 3 rings (SSSR count). The topological polar surface area (TPSA) is 307 Å². The van der Waals surface area contributed by atoms with Crippen molar-refractivity contribution in [1.82, 2.24) is 5.32 Å². The number of hydrogen-bond acceptors (Lipinski definition) is 18. The third kappa shape index (κ3) is 40.1. The van der Waals surface area contributed by atoms with Crippen molar-refractivity contribution >= 4 is 5.91 Å². The quantitative estimate of drug-likeness (QED) is 0.0199. The van der Waals surface area contributed by atoms with Gasteiger partial charge in [0.2, 0.25) is 5.91 Å². The molecule has 17 unspecified atom stereocenters. The highest BCUT2D eigenvalue weighted by Gasteiger charge is 2.54. The third-order valence-electron chi connectivity index (χ3n) is 19.9. The van der Waals surface area contributed by atoms with Gasteiger partial charge in [0.25, 0.3) is 0 Å². The van der Waals surface area contributed by atoms with Crippen molar-refractivity contribution in [3.8, 4) is 0 Å². The molecule has 3 aliphatic rings. The molecule has 0 aliphatic carbocycles. The van der Waals surface area contributed by atoms with Crippen molar-refractivity contribution in [3.63, 3.8) is 0 Å². The first kappa shape index (κ1) is 90.0. The zero-order chi connectivity index (χ0) is 71.1. The summed E-state index contributed by atoms with van der Waals surface area (Å²) in [5.41, 5.74) is 0. The molecule has 3 heterocycles. The Kier molecular flexibility index (Phi) is 55.1. The molecule has 0 aromatic carbocycles. The number of allylic oxidation sites excluding steroid dienone is 7. The molecule has 3 saturated heterocycles. The minimum Gasteiger partial charge on any atom is -0.394 e. The third-order valence-corrected chi connectivity index (χ3v) is 19.9. The lowest BCUT2D eigenvalue weighted by atomic mass is 9.96. The highest BCUT2D eigenvalue weighted by molar-refractivity contribution is 5.76. The summed E-state index contributed by atoms with van der Waals surface area (Å²) >= 11 is 0. The van der Waals surface area contributed by atoms with Crippen LogP contribution in [0.2, 0.25) is 0 Å². The molecule has 574 valence electrons. The van der Waals surface area contributed by atoms with Crippen LogP contribution >= 0.6 is 0 Å². The maximum absolute atomic E-state index is 13.4. The first-order chi connectivity index (χ1) is 47.8. The highest BCUT2D eigenvalue weighted by atomic mass is 16.8. The lowest BCUT2D eigenvalue weighted by Crippen LogP contribution is -2.66. The van der Waals surface area contributed by atoms with Gasteiger partial charge in [0.05, 0.1) is 38.6 Å². The molecule has 98 heavy (non-hydrogen) atoms. The number of amides is 1. The fourth-order valence-corrected chi connectivity index (χ4v) is 13.4. The Morgan fingerprint density at radius 1 is 0.367 bits per heavy atom. The molecule has 19 nitrogen and oxygen atoms in total. The van der Waals surface area contributed by atoms with Crippen LogP contribution in [0.1, 0.15) is 316 Å². The van der Waals surface area contributed by atoms with E-state index in [9.17, 15) is 61.0 Å². The summed E-state index contributed by atoms with van der Waals surface area (Å²) < 4.78 is 34.4. The first-order valence-corrected chi connectivity index (χ1v) is 39.9. The second kappa shape index (κ2) is 60.1. The van der Waals surface area contributed by atoms with Gasteiger partial charge in [0.1, 0.15) is 73.2 Å². The Labute approximate surface area is 593 Å². The van der Waals surface area contributed by atoms with Gasteiger partial charge in [-0.05, 0) is 57.8 Å². The molecule has 0 spiro atoms. The summed E-state index contributed by atoms with van der Waals surface area (Å²) in [4.78, 5) is 13.4. The van der Waals surface area contributed by atoms with Crippen molar-refractivity contribution in [2.45, 2.75) is 420 Å². The van der Waals surface area contributed by atoms with Gasteiger partial charge in [-0.15, -0.1) is 0 Å². The minimum atomic E-state index is -1.98. The Morgan fingerprint density at radius 2 is 0.673 bits per heavy atom. The van der Waals surface area contributed by atoms with Crippen LogP contribution in [0.3, 0.4) is 0 Å². The molecule has 3 aliphatic heterocycles. The normalized spacial score (nSPS) is 27.0. The Hall–Kier alpha value is -2.25. The smallest absolute Gasteiger partial charge is 0.220 e. The molecule has 0 aromatic heterocycles. The molecular weight excluding hydrogens is 1250 g/mol. The number of aliphatic hydroxyl groups is 11. The summed E-state index contributed by atoms with van der Waals surface area (Å²) in [7, 11) is 0. The Balaban J connectivity index is 1.26. The molecule has 3 fully saturated rings. The van der Waals surface area contributed by atoms with E-state index in [1.165, 1.54) is 231 Å². The summed E-state index contributed by atoms with van der Waals surface area (Å²) in [6.45, 7) is 1.73. The van der Waals surface area contributed by atoms with Gasteiger partial charge in [-0.1, -0.05) is 300 Å². The predicted octanol–water partition coefficient (Wildman–Crippen LogP) is 12.9. The monoisotopic (exact) mass is 1400 g/mol. The molecule has 0 aromatic rings. The largest absolute Gasteiger partial charge is 0.394 e. The first-order valence-electron chi connectivity index (χ1n) is 39.9. The number of hydrogen-bond donors (Lipinski definition) is 12. The predicted molar refractivity (Wildman–Crippen MR) is 388 cm³/mol. The number of carbonyl (C=O) groups is 1. The van der Waals surface area contributed by atoms with Gasteiger partial charge in [-0.3, -0.25) is 4.79 Å². The number of carbonyl (C=O) groups excluding carboxylic acids is 1. The number of ether oxygens (including phenoxy) is 6. The van der Waals surface area contributed by atoms with E-state index in [-0.39, 0.29) is 18.9 Å². The molecular formula is C79H145NO18. The van der Waals surface area contributed by atoms with Gasteiger partial charge in [0, 0.05) is 6.42 Å². The van der Waals surface area contributed by atoms with Crippen LogP contribution in [0, 0.1) is 0 Å². The standard InChI is InChI=1S/C79H145NO18/c1-3-5-7-9-11-13-15-17-18-19-20-21-22-23-24-25-26-27-28-29-30-31-32-33-34-35-36-37-38-39-40-41-42-43-44-45-47-49-51-53-55-57-67(85)80-62(63(84)56-54-52-50-48-46-16-14-12-10-8-6-4-2)61-93-77-73(91)70(88)75(65(59-82)95-77)98-79-74(92)71(89)76(66(60-83)96-79)97-78-72(90)69(87)68(86)64(58-81)94-78/h15,17,19-20,22-23,54,56,62-66,68-79,81-84,86-92H,3-14,16,18,21,24-53,55,57-61H2,1-2H3,(H,80,85)/b17-15-,20-19-,23-22-,56-54+. The molecule has 19 heteroatoms. The van der Waals surface area contributed by atoms with Gasteiger partial charge in [0.15, 0.2) is 18.9 Å². The van der Waals surface area contributed by atoms with Gasteiger partial charge in [-0.25, -0.2) is 0 Å². The van der Waals surface area contributed by atoms with Crippen LogP contribution in [0.25, 0.3) is 0 Å². The fourth-order valence-electron chi connectivity index (χ4n) is 13.4.